The number of halogens is 1. The Morgan fingerprint density at radius 3 is 2.68 bits per heavy atom. The summed E-state index contributed by atoms with van der Waals surface area (Å²) >= 11 is 0. The summed E-state index contributed by atoms with van der Waals surface area (Å²) in [4.78, 5) is 14.2. The number of piperidine rings is 1. The molecule has 104 valence electrons. The van der Waals surface area contributed by atoms with Crippen molar-refractivity contribution in [2.75, 3.05) is 19.6 Å². The molecule has 1 aliphatic rings. The molecule has 0 radical (unpaired) electrons. The number of hydrogen-bond acceptors (Lipinski definition) is 2. The molecule has 0 spiro atoms. The quantitative estimate of drug-likeness (QED) is 0.909. The van der Waals surface area contributed by atoms with Gasteiger partial charge < -0.3 is 10.2 Å². The van der Waals surface area contributed by atoms with Crippen LogP contribution in [0.2, 0.25) is 0 Å². The lowest BCUT2D eigenvalue weighted by Gasteiger charge is -2.32. The van der Waals surface area contributed by atoms with Crippen molar-refractivity contribution < 1.29 is 9.18 Å². The Hall–Kier alpha value is -1.42. The van der Waals surface area contributed by atoms with E-state index in [2.05, 4.69) is 12.2 Å². The molecule has 0 unspecified atom stereocenters. The number of carbonyl (C=O) groups excluding carboxylic acids is 1. The maximum Gasteiger partial charge on any atom is 0.254 e. The summed E-state index contributed by atoms with van der Waals surface area (Å²) in [6.07, 6.45) is 1.97. The van der Waals surface area contributed by atoms with Crippen LogP contribution in [0.3, 0.4) is 0 Å². The third-order valence-electron chi connectivity index (χ3n) is 3.69. The van der Waals surface area contributed by atoms with E-state index in [4.69, 9.17) is 0 Å². The molecule has 1 fully saturated rings. The van der Waals surface area contributed by atoms with Crippen molar-refractivity contribution in [3.63, 3.8) is 0 Å². The third kappa shape index (κ3) is 3.32. The third-order valence-corrected chi connectivity index (χ3v) is 3.69. The minimum atomic E-state index is -0.292. The number of nitrogens with one attached hydrogen (secondary N) is 1. The summed E-state index contributed by atoms with van der Waals surface area (Å²) in [5.74, 6) is -0.271. The van der Waals surface area contributed by atoms with Gasteiger partial charge in [0.25, 0.3) is 5.91 Å². The minimum Gasteiger partial charge on any atom is -0.339 e. The van der Waals surface area contributed by atoms with Crippen LogP contribution in [0.15, 0.2) is 18.2 Å². The summed E-state index contributed by atoms with van der Waals surface area (Å²) in [6.45, 7) is 6.39. The second-order valence-corrected chi connectivity index (χ2v) is 5.08. The van der Waals surface area contributed by atoms with Gasteiger partial charge in [-0.1, -0.05) is 6.92 Å². The van der Waals surface area contributed by atoms with Gasteiger partial charge in [-0.3, -0.25) is 4.79 Å². The fourth-order valence-corrected chi connectivity index (χ4v) is 2.61. The van der Waals surface area contributed by atoms with E-state index in [1.54, 1.807) is 13.0 Å². The summed E-state index contributed by atoms with van der Waals surface area (Å²) in [5.41, 5.74) is 1.32. The number of aryl methyl sites for hydroxylation is 1. The topological polar surface area (TPSA) is 32.3 Å². The van der Waals surface area contributed by atoms with Crippen LogP contribution >= 0.6 is 0 Å². The van der Waals surface area contributed by atoms with Crippen LogP contribution in [-0.4, -0.2) is 36.5 Å². The van der Waals surface area contributed by atoms with Crippen molar-refractivity contribution in [3.8, 4) is 0 Å². The highest BCUT2D eigenvalue weighted by molar-refractivity contribution is 5.95. The fraction of sp³-hybridized carbons (Fsp3) is 0.533. The SMILES string of the molecule is CCNC1CCN(C(=O)c2ccc(F)cc2C)CC1. The Labute approximate surface area is 113 Å². The van der Waals surface area contributed by atoms with E-state index in [9.17, 15) is 9.18 Å². The first-order chi connectivity index (χ1) is 9.11. The number of rotatable bonds is 3. The number of amides is 1. The minimum absolute atomic E-state index is 0.0208. The van der Waals surface area contributed by atoms with E-state index in [1.807, 2.05) is 4.90 Å². The zero-order valence-electron chi connectivity index (χ0n) is 11.6. The van der Waals surface area contributed by atoms with Gasteiger partial charge in [0.05, 0.1) is 0 Å². The van der Waals surface area contributed by atoms with Crippen LogP contribution in [0.4, 0.5) is 4.39 Å². The highest BCUT2D eigenvalue weighted by Gasteiger charge is 2.23. The van der Waals surface area contributed by atoms with E-state index >= 15 is 0 Å². The maximum atomic E-state index is 13.1. The lowest BCUT2D eigenvalue weighted by Crippen LogP contribution is -2.45. The molecule has 1 N–H and O–H groups in total. The van der Waals surface area contributed by atoms with Crippen molar-refractivity contribution in [2.24, 2.45) is 0 Å². The molecule has 0 atom stereocenters. The number of likely N-dealkylation sites (tertiary alicyclic amines) is 1. The molecule has 4 heteroatoms. The van der Waals surface area contributed by atoms with Crippen molar-refractivity contribution in [1.29, 1.82) is 0 Å². The van der Waals surface area contributed by atoms with Gasteiger partial charge in [-0.2, -0.15) is 0 Å². The average molecular weight is 264 g/mol. The van der Waals surface area contributed by atoms with Crippen molar-refractivity contribution >= 4 is 5.91 Å². The molecule has 2 rings (SSSR count). The zero-order valence-corrected chi connectivity index (χ0v) is 11.6. The van der Waals surface area contributed by atoms with E-state index in [0.717, 1.165) is 32.5 Å². The Balaban J connectivity index is 2.01. The summed E-state index contributed by atoms with van der Waals surface area (Å²) < 4.78 is 13.1. The van der Waals surface area contributed by atoms with Crippen LogP contribution in [-0.2, 0) is 0 Å². The highest BCUT2D eigenvalue weighted by Crippen LogP contribution is 2.17. The molecule has 0 aromatic heterocycles. The van der Waals surface area contributed by atoms with Gasteiger partial charge in [0.1, 0.15) is 5.82 Å². The first-order valence-corrected chi connectivity index (χ1v) is 6.90. The van der Waals surface area contributed by atoms with E-state index in [-0.39, 0.29) is 11.7 Å². The Kier molecular flexibility index (Phi) is 4.53. The van der Waals surface area contributed by atoms with Crippen LogP contribution in [0, 0.1) is 12.7 Å². The van der Waals surface area contributed by atoms with Crippen LogP contribution in [0.25, 0.3) is 0 Å². The Morgan fingerprint density at radius 1 is 1.42 bits per heavy atom. The van der Waals surface area contributed by atoms with Crippen molar-refractivity contribution in [3.05, 3.63) is 35.1 Å². The predicted molar refractivity (Wildman–Crippen MR) is 73.7 cm³/mol. The normalized spacial score (nSPS) is 16.7. The van der Waals surface area contributed by atoms with Crippen molar-refractivity contribution in [1.82, 2.24) is 10.2 Å². The fourth-order valence-electron chi connectivity index (χ4n) is 2.61. The first-order valence-electron chi connectivity index (χ1n) is 6.90. The van der Waals surface area contributed by atoms with Gasteiger partial charge in [-0.25, -0.2) is 4.39 Å². The molecule has 0 aliphatic carbocycles. The molecule has 1 aromatic rings. The Bertz CT molecular complexity index is 453. The van der Waals surface area contributed by atoms with Gasteiger partial charge in [0.2, 0.25) is 0 Å². The van der Waals surface area contributed by atoms with Crippen LogP contribution in [0.5, 0.6) is 0 Å². The first kappa shape index (κ1) is 14.0. The summed E-state index contributed by atoms with van der Waals surface area (Å²) in [5, 5.41) is 3.41. The molecule has 1 aromatic carbocycles. The molecule has 0 bridgehead atoms. The van der Waals surface area contributed by atoms with E-state index < -0.39 is 0 Å². The average Bonchev–Trinajstić information content (AvgIpc) is 2.39. The lowest BCUT2D eigenvalue weighted by atomic mass is 10.0. The van der Waals surface area contributed by atoms with Crippen LogP contribution in [0.1, 0.15) is 35.7 Å². The molecule has 1 amide bonds. The predicted octanol–water partition coefficient (Wildman–Crippen LogP) is 2.35. The standard InChI is InChI=1S/C15H21FN2O/c1-3-17-13-6-8-18(9-7-13)15(19)14-5-4-12(16)10-11(14)2/h4-5,10,13,17H,3,6-9H2,1-2H3. The summed E-state index contributed by atoms with van der Waals surface area (Å²) in [7, 11) is 0. The second kappa shape index (κ2) is 6.15. The second-order valence-electron chi connectivity index (χ2n) is 5.08. The molecule has 1 heterocycles. The van der Waals surface area contributed by atoms with E-state index in [1.165, 1.54) is 12.1 Å². The molecule has 1 saturated heterocycles. The number of benzene rings is 1. The number of hydrogen-bond donors (Lipinski definition) is 1. The zero-order chi connectivity index (χ0) is 13.8. The molecular weight excluding hydrogens is 243 g/mol. The number of carbonyl (C=O) groups is 1. The van der Waals surface area contributed by atoms with Crippen molar-refractivity contribution in [2.45, 2.75) is 32.7 Å². The number of nitrogens with zero attached hydrogens (tertiary/aromatic N) is 1. The highest BCUT2D eigenvalue weighted by atomic mass is 19.1. The lowest BCUT2D eigenvalue weighted by molar-refractivity contribution is 0.0705. The maximum absolute atomic E-state index is 13.1. The molecule has 3 nitrogen and oxygen atoms in total. The Morgan fingerprint density at radius 2 is 2.11 bits per heavy atom. The molecule has 19 heavy (non-hydrogen) atoms. The van der Waals surface area contributed by atoms with Gasteiger partial charge in [-0.05, 0) is 50.1 Å². The van der Waals surface area contributed by atoms with Gasteiger partial charge in [-0.15, -0.1) is 0 Å². The molecular formula is C15H21FN2O. The van der Waals surface area contributed by atoms with Gasteiger partial charge in [0, 0.05) is 24.7 Å². The smallest absolute Gasteiger partial charge is 0.254 e. The van der Waals surface area contributed by atoms with Crippen LogP contribution < -0.4 is 5.32 Å². The van der Waals surface area contributed by atoms with Gasteiger partial charge >= 0.3 is 0 Å². The van der Waals surface area contributed by atoms with E-state index in [0.29, 0.717) is 17.2 Å². The largest absolute Gasteiger partial charge is 0.339 e. The monoisotopic (exact) mass is 264 g/mol. The molecule has 1 aliphatic heterocycles. The van der Waals surface area contributed by atoms with Gasteiger partial charge in [0.15, 0.2) is 0 Å². The summed E-state index contributed by atoms with van der Waals surface area (Å²) in [6, 6.07) is 4.87. The molecule has 0 saturated carbocycles.